The molecule has 0 bridgehead atoms. The number of hydrogen-bond acceptors (Lipinski definition) is 3. The van der Waals surface area contributed by atoms with Gasteiger partial charge in [0.05, 0.1) is 5.60 Å². The molecule has 0 aromatic rings. The van der Waals surface area contributed by atoms with Gasteiger partial charge in [-0.25, -0.2) is 0 Å². The van der Waals surface area contributed by atoms with E-state index in [1.807, 2.05) is 20.8 Å². The van der Waals surface area contributed by atoms with Gasteiger partial charge in [0.25, 0.3) is 0 Å². The average molecular weight is 287 g/mol. The van der Waals surface area contributed by atoms with Crippen LogP contribution in [0.3, 0.4) is 0 Å². The quantitative estimate of drug-likeness (QED) is 0.647. The number of rotatable bonds is 10. The Bertz CT molecular complexity index is 297. The van der Waals surface area contributed by atoms with E-state index in [0.717, 1.165) is 19.3 Å². The molecule has 0 aliphatic heterocycles. The largest absolute Gasteiger partial charge is 0.481 e. The van der Waals surface area contributed by atoms with Gasteiger partial charge in [-0.3, -0.25) is 9.59 Å². The first-order valence-corrected chi connectivity index (χ1v) is 7.37. The van der Waals surface area contributed by atoms with Gasteiger partial charge in [0.15, 0.2) is 0 Å². The van der Waals surface area contributed by atoms with Gasteiger partial charge >= 0.3 is 5.97 Å². The van der Waals surface area contributed by atoms with Gasteiger partial charge in [0.2, 0.25) is 5.91 Å². The molecule has 0 aromatic heterocycles. The summed E-state index contributed by atoms with van der Waals surface area (Å²) in [5, 5.41) is 11.5. The summed E-state index contributed by atoms with van der Waals surface area (Å²) in [6.45, 7) is 8.45. The summed E-state index contributed by atoms with van der Waals surface area (Å²) in [6.07, 6.45) is 3.73. The van der Waals surface area contributed by atoms with E-state index in [1.165, 1.54) is 0 Å². The molecular formula is C15H29NO4. The lowest BCUT2D eigenvalue weighted by molar-refractivity contribution is -0.137. The topological polar surface area (TPSA) is 75.6 Å². The Morgan fingerprint density at radius 1 is 1.20 bits per heavy atom. The zero-order valence-corrected chi connectivity index (χ0v) is 13.2. The fourth-order valence-electron chi connectivity index (χ4n) is 1.92. The molecule has 5 nitrogen and oxygen atoms in total. The number of carbonyl (C=O) groups excluding carboxylic acids is 1. The number of aliphatic carboxylic acids is 1. The molecule has 0 heterocycles. The van der Waals surface area contributed by atoms with Gasteiger partial charge in [-0.1, -0.05) is 19.8 Å². The van der Waals surface area contributed by atoms with Gasteiger partial charge in [-0.2, -0.15) is 0 Å². The van der Waals surface area contributed by atoms with Crippen LogP contribution in [-0.2, 0) is 14.3 Å². The number of carboxylic acid groups (broad SMARTS) is 1. The highest BCUT2D eigenvalue weighted by Crippen LogP contribution is 2.17. The number of carbonyl (C=O) groups is 2. The normalized spacial score (nSPS) is 13.0. The third kappa shape index (κ3) is 12.0. The summed E-state index contributed by atoms with van der Waals surface area (Å²) in [4.78, 5) is 22.1. The van der Waals surface area contributed by atoms with Crippen molar-refractivity contribution in [1.29, 1.82) is 0 Å². The fraction of sp³-hybridized carbons (Fsp3) is 0.867. The van der Waals surface area contributed by atoms with Gasteiger partial charge in [0.1, 0.15) is 6.61 Å². The first-order valence-electron chi connectivity index (χ1n) is 7.37. The molecular weight excluding hydrogens is 258 g/mol. The van der Waals surface area contributed by atoms with E-state index in [1.54, 1.807) is 0 Å². The number of carboxylic acids is 1. The van der Waals surface area contributed by atoms with Gasteiger partial charge in [-0.05, 0) is 39.5 Å². The van der Waals surface area contributed by atoms with Crippen molar-refractivity contribution in [2.24, 2.45) is 5.92 Å². The van der Waals surface area contributed by atoms with Crippen molar-refractivity contribution < 1.29 is 19.4 Å². The second kappa shape index (κ2) is 9.75. The van der Waals surface area contributed by atoms with E-state index in [-0.39, 0.29) is 24.5 Å². The average Bonchev–Trinajstić information content (AvgIpc) is 2.32. The number of hydrogen-bond donors (Lipinski definition) is 2. The zero-order chi connectivity index (χ0) is 15.6. The second-order valence-electron chi connectivity index (χ2n) is 6.13. The summed E-state index contributed by atoms with van der Waals surface area (Å²) in [7, 11) is 0. The van der Waals surface area contributed by atoms with E-state index < -0.39 is 5.97 Å². The van der Waals surface area contributed by atoms with Crippen LogP contribution in [0.2, 0.25) is 0 Å². The summed E-state index contributed by atoms with van der Waals surface area (Å²) >= 11 is 0. The fourth-order valence-corrected chi connectivity index (χ4v) is 1.92. The van der Waals surface area contributed by atoms with E-state index in [0.29, 0.717) is 18.9 Å². The van der Waals surface area contributed by atoms with Crippen molar-refractivity contribution in [3.8, 4) is 0 Å². The lowest BCUT2D eigenvalue weighted by atomic mass is 9.94. The third-order valence-corrected chi connectivity index (χ3v) is 2.97. The van der Waals surface area contributed by atoms with Crippen LogP contribution >= 0.6 is 0 Å². The lowest BCUT2D eigenvalue weighted by Crippen LogP contribution is -2.33. The minimum Gasteiger partial charge on any atom is -0.481 e. The molecule has 0 spiro atoms. The first kappa shape index (κ1) is 18.9. The molecule has 1 amide bonds. The van der Waals surface area contributed by atoms with Crippen LogP contribution in [-0.4, -0.2) is 35.7 Å². The molecule has 0 saturated carbocycles. The summed E-state index contributed by atoms with van der Waals surface area (Å²) in [5.41, 5.74) is -0.316. The Morgan fingerprint density at radius 2 is 1.85 bits per heavy atom. The van der Waals surface area contributed by atoms with Gasteiger partial charge in [0, 0.05) is 13.0 Å². The van der Waals surface area contributed by atoms with Crippen molar-refractivity contribution in [3.05, 3.63) is 0 Å². The maximum Gasteiger partial charge on any atom is 0.303 e. The lowest BCUT2D eigenvalue weighted by Gasteiger charge is -2.19. The third-order valence-electron chi connectivity index (χ3n) is 2.97. The van der Waals surface area contributed by atoms with E-state index in [9.17, 15) is 9.59 Å². The van der Waals surface area contributed by atoms with Crippen LogP contribution in [0.5, 0.6) is 0 Å². The second-order valence-corrected chi connectivity index (χ2v) is 6.13. The molecule has 0 fully saturated rings. The molecule has 0 saturated heterocycles. The molecule has 0 aliphatic carbocycles. The predicted octanol–water partition coefficient (Wildman–Crippen LogP) is 2.59. The molecule has 1 unspecified atom stereocenters. The van der Waals surface area contributed by atoms with Crippen LogP contribution in [0.25, 0.3) is 0 Å². The Morgan fingerprint density at radius 3 is 2.35 bits per heavy atom. The number of nitrogens with one attached hydrogen (secondary N) is 1. The monoisotopic (exact) mass is 287 g/mol. The summed E-state index contributed by atoms with van der Waals surface area (Å²) < 4.78 is 5.39. The molecule has 0 rings (SSSR count). The van der Waals surface area contributed by atoms with Crippen molar-refractivity contribution in [2.75, 3.05) is 13.2 Å². The van der Waals surface area contributed by atoms with Crippen molar-refractivity contribution in [1.82, 2.24) is 5.32 Å². The minimum absolute atomic E-state index is 0.0665. The van der Waals surface area contributed by atoms with Gasteiger partial charge < -0.3 is 15.2 Å². The molecule has 118 valence electrons. The van der Waals surface area contributed by atoms with Crippen molar-refractivity contribution in [2.45, 2.75) is 65.4 Å². The van der Waals surface area contributed by atoms with Crippen molar-refractivity contribution in [3.63, 3.8) is 0 Å². The maximum absolute atomic E-state index is 11.6. The molecule has 0 aliphatic rings. The minimum atomic E-state index is -0.756. The molecule has 5 heteroatoms. The van der Waals surface area contributed by atoms with Crippen LogP contribution in [0.1, 0.15) is 59.8 Å². The highest BCUT2D eigenvalue weighted by atomic mass is 16.5. The van der Waals surface area contributed by atoms with Crippen LogP contribution in [0.4, 0.5) is 0 Å². The smallest absolute Gasteiger partial charge is 0.303 e. The standard InChI is InChI=1S/C15H29NO4/c1-5-6-12(7-8-14(18)19)9-10-16-13(17)11-20-15(2,3)4/h12H,5-11H2,1-4H3,(H,16,17)(H,18,19). The molecule has 2 N–H and O–H groups in total. The number of ether oxygens (including phenoxy) is 1. The maximum atomic E-state index is 11.6. The Balaban J connectivity index is 3.86. The van der Waals surface area contributed by atoms with Crippen LogP contribution in [0.15, 0.2) is 0 Å². The summed E-state index contributed by atoms with van der Waals surface area (Å²) in [5.74, 6) is -0.512. The summed E-state index contributed by atoms with van der Waals surface area (Å²) in [6, 6.07) is 0. The van der Waals surface area contributed by atoms with Crippen molar-refractivity contribution >= 4 is 11.9 Å². The first-order chi connectivity index (χ1) is 9.24. The molecule has 1 atom stereocenters. The van der Waals surface area contributed by atoms with Gasteiger partial charge in [-0.15, -0.1) is 0 Å². The predicted molar refractivity (Wildman–Crippen MR) is 78.6 cm³/mol. The highest BCUT2D eigenvalue weighted by Gasteiger charge is 2.14. The van der Waals surface area contributed by atoms with Crippen LogP contribution in [0, 0.1) is 5.92 Å². The number of amides is 1. The Kier molecular flexibility index (Phi) is 9.21. The van der Waals surface area contributed by atoms with E-state index in [4.69, 9.17) is 9.84 Å². The molecule has 20 heavy (non-hydrogen) atoms. The molecule has 0 radical (unpaired) electrons. The molecule has 0 aromatic carbocycles. The highest BCUT2D eigenvalue weighted by molar-refractivity contribution is 5.77. The zero-order valence-electron chi connectivity index (χ0n) is 13.2. The van der Waals surface area contributed by atoms with E-state index in [2.05, 4.69) is 12.2 Å². The Labute approximate surface area is 122 Å². The van der Waals surface area contributed by atoms with E-state index >= 15 is 0 Å². The van der Waals surface area contributed by atoms with Crippen LogP contribution < -0.4 is 5.32 Å². The Hall–Kier alpha value is -1.10. The SMILES string of the molecule is CCCC(CCNC(=O)COC(C)(C)C)CCC(=O)O.